The Morgan fingerprint density at radius 1 is 1.33 bits per heavy atom. The number of pyridine rings is 1. The van der Waals surface area contributed by atoms with Gasteiger partial charge in [-0.2, -0.15) is 0 Å². The van der Waals surface area contributed by atoms with Crippen molar-refractivity contribution in [1.82, 2.24) is 10.3 Å². The van der Waals surface area contributed by atoms with Crippen LogP contribution in [0.25, 0.3) is 0 Å². The molecule has 0 unspecified atom stereocenters. The molecule has 1 saturated heterocycles. The van der Waals surface area contributed by atoms with Crippen molar-refractivity contribution in [3.8, 4) is 0 Å². The third-order valence-electron chi connectivity index (χ3n) is 3.09. The van der Waals surface area contributed by atoms with E-state index in [-0.39, 0.29) is 0 Å². The van der Waals surface area contributed by atoms with Gasteiger partial charge >= 0.3 is 0 Å². The molecular formula is C12H19N3. The zero-order chi connectivity index (χ0) is 10.7. The lowest BCUT2D eigenvalue weighted by molar-refractivity contribution is 0.460. The third-order valence-corrected chi connectivity index (χ3v) is 3.09. The van der Waals surface area contributed by atoms with Gasteiger partial charge in [0.05, 0.1) is 0 Å². The molecule has 0 atom stereocenters. The highest BCUT2D eigenvalue weighted by molar-refractivity contribution is 5.52. The number of aromatic nitrogens is 1. The van der Waals surface area contributed by atoms with Gasteiger partial charge in [-0.3, -0.25) is 4.98 Å². The van der Waals surface area contributed by atoms with Crippen LogP contribution >= 0.6 is 0 Å². The Morgan fingerprint density at radius 2 is 2.07 bits per heavy atom. The molecule has 0 aromatic carbocycles. The summed E-state index contributed by atoms with van der Waals surface area (Å²) in [4.78, 5) is 6.44. The topological polar surface area (TPSA) is 28.2 Å². The van der Waals surface area contributed by atoms with E-state index in [4.69, 9.17) is 0 Å². The largest absolute Gasteiger partial charge is 0.377 e. The summed E-state index contributed by atoms with van der Waals surface area (Å²) < 4.78 is 0. The second kappa shape index (κ2) is 4.62. The van der Waals surface area contributed by atoms with Gasteiger partial charge in [-0.1, -0.05) is 0 Å². The van der Waals surface area contributed by atoms with E-state index in [0.717, 1.165) is 13.1 Å². The lowest BCUT2D eigenvalue weighted by atomic mass is 9.90. The minimum atomic E-state index is 0.678. The zero-order valence-electron chi connectivity index (χ0n) is 9.53. The first-order valence-corrected chi connectivity index (χ1v) is 5.61. The molecular weight excluding hydrogens is 186 g/mol. The van der Waals surface area contributed by atoms with Crippen LogP contribution in [0.2, 0.25) is 0 Å². The zero-order valence-corrected chi connectivity index (χ0v) is 9.53. The van der Waals surface area contributed by atoms with Crippen LogP contribution in [0.1, 0.15) is 24.3 Å². The predicted octanol–water partition coefficient (Wildman–Crippen LogP) is 1.61. The quantitative estimate of drug-likeness (QED) is 0.795. The number of nitrogens with one attached hydrogen (secondary N) is 1. The molecule has 82 valence electrons. The molecule has 2 heterocycles. The van der Waals surface area contributed by atoms with Crippen LogP contribution in [0.4, 0.5) is 5.69 Å². The Morgan fingerprint density at radius 3 is 2.73 bits per heavy atom. The summed E-state index contributed by atoms with van der Waals surface area (Å²) >= 11 is 0. The molecule has 3 nitrogen and oxygen atoms in total. The second-order valence-corrected chi connectivity index (χ2v) is 4.35. The molecule has 0 radical (unpaired) electrons. The van der Waals surface area contributed by atoms with Gasteiger partial charge in [-0.05, 0) is 43.5 Å². The summed E-state index contributed by atoms with van der Waals surface area (Å²) in [5.74, 6) is 0.678. The monoisotopic (exact) mass is 205 g/mol. The molecule has 0 spiro atoms. The molecule has 1 aliphatic heterocycles. The first-order valence-electron chi connectivity index (χ1n) is 5.61. The molecule has 1 N–H and O–H groups in total. The van der Waals surface area contributed by atoms with Crippen molar-refractivity contribution < 1.29 is 0 Å². The van der Waals surface area contributed by atoms with Crippen molar-refractivity contribution in [3.05, 3.63) is 24.0 Å². The summed E-state index contributed by atoms with van der Waals surface area (Å²) in [5, 5.41) is 3.40. The molecule has 1 aromatic rings. The summed E-state index contributed by atoms with van der Waals surface area (Å²) in [6.07, 6.45) is 6.37. The van der Waals surface area contributed by atoms with Crippen LogP contribution in [-0.2, 0) is 0 Å². The molecule has 3 heteroatoms. The van der Waals surface area contributed by atoms with Crippen LogP contribution in [0.5, 0.6) is 0 Å². The molecule has 0 saturated carbocycles. The van der Waals surface area contributed by atoms with Crippen molar-refractivity contribution >= 4 is 5.69 Å². The Hall–Kier alpha value is -1.09. The van der Waals surface area contributed by atoms with Gasteiger partial charge in [0.25, 0.3) is 0 Å². The normalized spacial score (nSPS) is 17.7. The standard InChI is InChI=1S/C12H19N3/c1-15(2)12-5-8-14-9-11(12)10-3-6-13-7-4-10/h5,8-10,13H,3-4,6-7H2,1-2H3. The van der Waals surface area contributed by atoms with Gasteiger partial charge in [0, 0.05) is 32.2 Å². The number of anilines is 1. The maximum atomic E-state index is 4.26. The van der Waals surface area contributed by atoms with E-state index in [0.29, 0.717) is 5.92 Å². The molecule has 1 aromatic heterocycles. The van der Waals surface area contributed by atoms with E-state index in [1.807, 2.05) is 12.4 Å². The van der Waals surface area contributed by atoms with Crippen LogP contribution in [0.3, 0.4) is 0 Å². The Balaban J connectivity index is 2.25. The highest BCUT2D eigenvalue weighted by Gasteiger charge is 2.18. The minimum Gasteiger partial charge on any atom is -0.377 e. The fourth-order valence-electron chi connectivity index (χ4n) is 2.25. The number of hydrogen-bond donors (Lipinski definition) is 1. The average Bonchev–Trinajstić information content (AvgIpc) is 2.30. The van der Waals surface area contributed by atoms with Gasteiger partial charge in [-0.15, -0.1) is 0 Å². The maximum absolute atomic E-state index is 4.26. The minimum absolute atomic E-state index is 0.678. The van der Waals surface area contributed by atoms with Gasteiger partial charge < -0.3 is 10.2 Å². The van der Waals surface area contributed by atoms with Crippen LogP contribution in [0, 0.1) is 0 Å². The molecule has 0 bridgehead atoms. The molecule has 1 fully saturated rings. The second-order valence-electron chi connectivity index (χ2n) is 4.35. The molecule has 0 aliphatic carbocycles. The third kappa shape index (κ3) is 2.29. The summed E-state index contributed by atoms with van der Waals surface area (Å²) in [5.41, 5.74) is 2.72. The van der Waals surface area contributed by atoms with Crippen LogP contribution in [-0.4, -0.2) is 32.2 Å². The predicted molar refractivity (Wildman–Crippen MR) is 63.4 cm³/mol. The fraction of sp³-hybridized carbons (Fsp3) is 0.583. The maximum Gasteiger partial charge on any atom is 0.0427 e. The molecule has 0 amide bonds. The Bertz CT molecular complexity index is 316. The Kier molecular flexibility index (Phi) is 3.21. The number of piperidine rings is 1. The highest BCUT2D eigenvalue weighted by Crippen LogP contribution is 2.31. The first-order chi connectivity index (χ1) is 7.29. The van der Waals surface area contributed by atoms with Gasteiger partial charge in [0.15, 0.2) is 0 Å². The van der Waals surface area contributed by atoms with E-state index in [1.165, 1.54) is 24.1 Å². The lowest BCUT2D eigenvalue weighted by Crippen LogP contribution is -2.27. The highest BCUT2D eigenvalue weighted by atomic mass is 15.1. The summed E-state index contributed by atoms with van der Waals surface area (Å²) in [6.45, 7) is 2.26. The SMILES string of the molecule is CN(C)c1ccncc1C1CCNCC1. The van der Waals surface area contributed by atoms with Crippen molar-refractivity contribution in [3.63, 3.8) is 0 Å². The van der Waals surface area contributed by atoms with Crippen LogP contribution in [0.15, 0.2) is 18.5 Å². The van der Waals surface area contributed by atoms with E-state index >= 15 is 0 Å². The van der Waals surface area contributed by atoms with Crippen molar-refractivity contribution in [2.75, 3.05) is 32.1 Å². The number of nitrogens with zero attached hydrogens (tertiary/aromatic N) is 2. The van der Waals surface area contributed by atoms with Gasteiger partial charge in [-0.25, -0.2) is 0 Å². The summed E-state index contributed by atoms with van der Waals surface area (Å²) in [6, 6.07) is 2.11. The first kappa shape index (κ1) is 10.4. The fourth-order valence-corrected chi connectivity index (χ4v) is 2.25. The van der Waals surface area contributed by atoms with Crippen molar-refractivity contribution in [2.45, 2.75) is 18.8 Å². The Labute approximate surface area is 91.5 Å². The molecule has 2 rings (SSSR count). The van der Waals surface area contributed by atoms with Crippen molar-refractivity contribution in [2.24, 2.45) is 0 Å². The van der Waals surface area contributed by atoms with E-state index < -0.39 is 0 Å². The number of rotatable bonds is 2. The van der Waals surface area contributed by atoms with Crippen LogP contribution < -0.4 is 10.2 Å². The lowest BCUT2D eigenvalue weighted by Gasteiger charge is -2.26. The van der Waals surface area contributed by atoms with Gasteiger partial charge in [0.1, 0.15) is 0 Å². The van der Waals surface area contributed by atoms with E-state index in [9.17, 15) is 0 Å². The van der Waals surface area contributed by atoms with E-state index in [2.05, 4.69) is 35.4 Å². The smallest absolute Gasteiger partial charge is 0.0427 e. The molecule has 15 heavy (non-hydrogen) atoms. The van der Waals surface area contributed by atoms with Crippen molar-refractivity contribution in [1.29, 1.82) is 0 Å². The average molecular weight is 205 g/mol. The number of hydrogen-bond acceptors (Lipinski definition) is 3. The summed E-state index contributed by atoms with van der Waals surface area (Å²) in [7, 11) is 4.19. The van der Waals surface area contributed by atoms with E-state index in [1.54, 1.807) is 0 Å². The van der Waals surface area contributed by atoms with Gasteiger partial charge in [0.2, 0.25) is 0 Å². The molecule has 1 aliphatic rings.